The summed E-state index contributed by atoms with van der Waals surface area (Å²) in [6.07, 6.45) is 0. The van der Waals surface area contributed by atoms with Gasteiger partial charge in [-0.15, -0.1) is 0 Å². The molecule has 6 aromatic rings. The second-order valence-corrected chi connectivity index (χ2v) is 8.40. The van der Waals surface area contributed by atoms with E-state index in [1.165, 1.54) is 33.1 Å². The summed E-state index contributed by atoms with van der Waals surface area (Å²) < 4.78 is 2.36. The summed E-state index contributed by atoms with van der Waals surface area (Å²) in [5.74, 6) is 0. The summed E-state index contributed by atoms with van der Waals surface area (Å²) in [6, 6.07) is 45.4. The zero-order valence-electron chi connectivity index (χ0n) is 18.5. The Balaban J connectivity index is 1.61. The molecule has 0 saturated heterocycles. The number of anilines is 3. The highest BCUT2D eigenvalue weighted by Gasteiger charge is 2.16. The minimum absolute atomic E-state index is 1.14. The first kappa shape index (κ1) is 19.4. The summed E-state index contributed by atoms with van der Waals surface area (Å²) >= 11 is 0. The van der Waals surface area contributed by atoms with Crippen molar-refractivity contribution < 1.29 is 0 Å². The zero-order chi connectivity index (χ0) is 22.2. The van der Waals surface area contributed by atoms with E-state index in [1.807, 2.05) is 0 Å². The van der Waals surface area contributed by atoms with Gasteiger partial charge in [0.1, 0.15) is 0 Å². The fourth-order valence-corrected chi connectivity index (χ4v) is 4.67. The van der Waals surface area contributed by atoms with E-state index >= 15 is 0 Å². The summed E-state index contributed by atoms with van der Waals surface area (Å²) in [5.41, 5.74) is 8.32. The van der Waals surface area contributed by atoms with Crippen LogP contribution in [0.3, 0.4) is 0 Å². The molecule has 5 aromatic carbocycles. The maximum Gasteiger partial charge on any atom is 0.0542 e. The van der Waals surface area contributed by atoms with Gasteiger partial charge in [0.05, 0.1) is 11.0 Å². The van der Waals surface area contributed by atoms with E-state index in [0.29, 0.717) is 0 Å². The lowest BCUT2D eigenvalue weighted by atomic mass is 10.1. The summed E-state index contributed by atoms with van der Waals surface area (Å²) in [5, 5.41) is 2.51. The predicted molar refractivity (Wildman–Crippen MR) is 140 cm³/mol. The monoisotopic (exact) mass is 424 g/mol. The largest absolute Gasteiger partial charge is 0.310 e. The highest BCUT2D eigenvalue weighted by molar-refractivity contribution is 6.10. The average Bonchev–Trinajstić information content (AvgIpc) is 3.20. The smallest absolute Gasteiger partial charge is 0.0542 e. The van der Waals surface area contributed by atoms with Crippen LogP contribution in [-0.2, 0) is 0 Å². The van der Waals surface area contributed by atoms with Crippen LogP contribution in [0.5, 0.6) is 0 Å². The summed E-state index contributed by atoms with van der Waals surface area (Å²) in [7, 11) is 0. The van der Waals surface area contributed by atoms with Crippen LogP contribution >= 0.6 is 0 Å². The quantitative estimate of drug-likeness (QED) is 0.275. The van der Waals surface area contributed by atoms with Crippen molar-refractivity contribution in [2.24, 2.45) is 0 Å². The standard InChI is InChI=1S/C31H24N2/c1-23-16-18-26(19-17-23)33-30-15-9-8-14-28(30)29-22-27(20-21-31(29)33)32(24-10-4-2-5-11-24)25-12-6-3-7-13-25/h2-22H,1H3. The van der Waals surface area contributed by atoms with Gasteiger partial charge in [0.25, 0.3) is 0 Å². The Bertz CT molecular complexity index is 1510. The van der Waals surface area contributed by atoms with Crippen LogP contribution in [0, 0.1) is 6.92 Å². The topological polar surface area (TPSA) is 8.17 Å². The van der Waals surface area contributed by atoms with E-state index in [0.717, 1.165) is 17.1 Å². The van der Waals surface area contributed by atoms with Crippen molar-refractivity contribution in [3.63, 3.8) is 0 Å². The molecule has 0 saturated carbocycles. The molecule has 0 radical (unpaired) electrons. The third-order valence-electron chi connectivity index (χ3n) is 6.24. The molecule has 33 heavy (non-hydrogen) atoms. The van der Waals surface area contributed by atoms with Gasteiger partial charge in [-0.3, -0.25) is 0 Å². The lowest BCUT2D eigenvalue weighted by molar-refractivity contribution is 1.17. The Hall–Kier alpha value is -4.30. The predicted octanol–water partition coefficient (Wildman–Crippen LogP) is 8.56. The number of para-hydroxylation sites is 3. The molecule has 2 nitrogen and oxygen atoms in total. The number of aromatic nitrogens is 1. The molecule has 158 valence electrons. The van der Waals surface area contributed by atoms with E-state index in [1.54, 1.807) is 0 Å². The average molecular weight is 425 g/mol. The summed E-state index contributed by atoms with van der Waals surface area (Å²) in [6.45, 7) is 2.13. The Kier molecular flexibility index (Phi) is 4.70. The van der Waals surface area contributed by atoms with Gasteiger partial charge in [-0.05, 0) is 67.6 Å². The molecule has 0 aliphatic carbocycles. The van der Waals surface area contributed by atoms with Crippen LogP contribution in [0.4, 0.5) is 17.1 Å². The molecule has 0 atom stereocenters. The highest BCUT2D eigenvalue weighted by Crippen LogP contribution is 2.39. The van der Waals surface area contributed by atoms with Crippen molar-refractivity contribution in [3.8, 4) is 5.69 Å². The van der Waals surface area contributed by atoms with Crippen molar-refractivity contribution in [2.75, 3.05) is 4.90 Å². The third-order valence-corrected chi connectivity index (χ3v) is 6.24. The maximum atomic E-state index is 2.36. The molecule has 1 aromatic heterocycles. The van der Waals surface area contributed by atoms with Crippen molar-refractivity contribution in [2.45, 2.75) is 6.92 Å². The SMILES string of the molecule is Cc1ccc(-n2c3ccccc3c3cc(N(c4ccccc4)c4ccccc4)ccc32)cc1. The molecule has 2 heteroatoms. The molecule has 0 aliphatic rings. The van der Waals surface area contributed by atoms with Gasteiger partial charge in [0.15, 0.2) is 0 Å². The molecule has 0 unspecified atom stereocenters. The fourth-order valence-electron chi connectivity index (χ4n) is 4.67. The fraction of sp³-hybridized carbons (Fsp3) is 0.0323. The molecule has 0 spiro atoms. The first-order chi connectivity index (χ1) is 16.3. The number of nitrogens with zero attached hydrogens (tertiary/aromatic N) is 2. The van der Waals surface area contributed by atoms with Gasteiger partial charge in [-0.1, -0.05) is 72.3 Å². The van der Waals surface area contributed by atoms with Gasteiger partial charge in [-0.2, -0.15) is 0 Å². The first-order valence-corrected chi connectivity index (χ1v) is 11.3. The minimum atomic E-state index is 1.14. The van der Waals surface area contributed by atoms with Crippen LogP contribution in [0.25, 0.3) is 27.5 Å². The molecule has 1 heterocycles. The van der Waals surface area contributed by atoms with Gasteiger partial charge >= 0.3 is 0 Å². The van der Waals surface area contributed by atoms with Crippen LogP contribution < -0.4 is 4.90 Å². The van der Waals surface area contributed by atoms with Crippen LogP contribution in [0.2, 0.25) is 0 Å². The molecule has 0 fully saturated rings. The number of fused-ring (bicyclic) bond motifs is 3. The molecule has 0 aliphatic heterocycles. The summed E-state index contributed by atoms with van der Waals surface area (Å²) in [4.78, 5) is 2.32. The van der Waals surface area contributed by atoms with Crippen LogP contribution in [-0.4, -0.2) is 4.57 Å². The molecular weight excluding hydrogens is 400 g/mol. The maximum absolute atomic E-state index is 2.36. The van der Waals surface area contributed by atoms with E-state index in [2.05, 4.69) is 144 Å². The van der Waals surface area contributed by atoms with Crippen molar-refractivity contribution in [1.29, 1.82) is 0 Å². The lowest BCUT2D eigenvalue weighted by Crippen LogP contribution is -2.09. The second kappa shape index (κ2) is 7.99. The molecular formula is C31H24N2. The number of rotatable bonds is 4. The van der Waals surface area contributed by atoms with E-state index in [9.17, 15) is 0 Å². The van der Waals surface area contributed by atoms with Crippen LogP contribution in [0.15, 0.2) is 127 Å². The van der Waals surface area contributed by atoms with Crippen molar-refractivity contribution >= 4 is 38.9 Å². The number of hydrogen-bond donors (Lipinski definition) is 0. The van der Waals surface area contributed by atoms with Gasteiger partial charge in [0, 0.05) is 33.5 Å². The van der Waals surface area contributed by atoms with Crippen LogP contribution in [0.1, 0.15) is 5.56 Å². The zero-order valence-corrected chi connectivity index (χ0v) is 18.5. The lowest BCUT2D eigenvalue weighted by Gasteiger charge is -2.25. The number of benzene rings is 5. The van der Waals surface area contributed by atoms with Crippen molar-refractivity contribution in [1.82, 2.24) is 4.57 Å². The number of hydrogen-bond acceptors (Lipinski definition) is 1. The second-order valence-electron chi connectivity index (χ2n) is 8.40. The Labute approximate surface area is 194 Å². The minimum Gasteiger partial charge on any atom is -0.310 e. The highest BCUT2D eigenvalue weighted by atomic mass is 15.1. The van der Waals surface area contributed by atoms with Crippen molar-refractivity contribution in [3.05, 3.63) is 133 Å². The molecule has 0 bridgehead atoms. The first-order valence-electron chi connectivity index (χ1n) is 11.3. The number of aryl methyl sites for hydroxylation is 1. The molecule has 0 N–H and O–H groups in total. The molecule has 6 rings (SSSR count). The van der Waals surface area contributed by atoms with Gasteiger partial charge in [-0.25, -0.2) is 0 Å². The Morgan fingerprint density at radius 2 is 1.06 bits per heavy atom. The third kappa shape index (κ3) is 3.37. The normalized spacial score (nSPS) is 11.2. The van der Waals surface area contributed by atoms with Gasteiger partial charge in [0.2, 0.25) is 0 Å². The molecule has 0 amide bonds. The van der Waals surface area contributed by atoms with E-state index < -0.39 is 0 Å². The van der Waals surface area contributed by atoms with E-state index in [-0.39, 0.29) is 0 Å². The Morgan fingerprint density at radius 3 is 1.73 bits per heavy atom. The van der Waals surface area contributed by atoms with E-state index in [4.69, 9.17) is 0 Å². The van der Waals surface area contributed by atoms with Gasteiger partial charge < -0.3 is 9.47 Å². The Morgan fingerprint density at radius 1 is 0.485 bits per heavy atom.